The molecule has 0 spiro atoms. The van der Waals surface area contributed by atoms with E-state index in [2.05, 4.69) is 67.5 Å². The summed E-state index contributed by atoms with van der Waals surface area (Å²) in [6.45, 7) is 6.25. The molecule has 28 heavy (non-hydrogen) atoms. The number of nitrogens with two attached hydrogens (primary N) is 1. The van der Waals surface area contributed by atoms with Crippen molar-refractivity contribution in [3.05, 3.63) is 65.7 Å². The molecule has 3 rings (SSSR count). The van der Waals surface area contributed by atoms with Gasteiger partial charge in [0.15, 0.2) is 0 Å². The molecule has 1 aliphatic rings. The van der Waals surface area contributed by atoms with Crippen molar-refractivity contribution in [2.45, 2.75) is 38.3 Å². The Morgan fingerprint density at radius 1 is 1.14 bits per heavy atom. The van der Waals surface area contributed by atoms with Crippen LogP contribution in [-0.4, -0.2) is 25.0 Å². The van der Waals surface area contributed by atoms with E-state index < -0.39 is 6.04 Å². The Kier molecular flexibility index (Phi) is 8.47. The fraction of sp³-hybridized carbons (Fsp3) is 0.318. The molecule has 0 bridgehead atoms. The predicted octanol–water partition coefficient (Wildman–Crippen LogP) is 4.94. The van der Waals surface area contributed by atoms with Gasteiger partial charge in [0, 0.05) is 23.8 Å². The second-order valence-corrected chi connectivity index (χ2v) is 7.55. The fourth-order valence-corrected chi connectivity index (χ4v) is 3.62. The van der Waals surface area contributed by atoms with Crippen LogP contribution in [0.2, 0.25) is 0 Å². The number of amides is 1. The summed E-state index contributed by atoms with van der Waals surface area (Å²) in [6, 6.07) is 16.2. The zero-order valence-electron chi connectivity index (χ0n) is 16.7. The van der Waals surface area contributed by atoms with Crippen molar-refractivity contribution in [1.82, 2.24) is 0 Å². The van der Waals surface area contributed by atoms with Crippen LogP contribution in [0.4, 0.5) is 11.4 Å². The minimum atomic E-state index is -0.517. The molecule has 4 nitrogen and oxygen atoms in total. The minimum absolute atomic E-state index is 0. The van der Waals surface area contributed by atoms with E-state index in [4.69, 9.17) is 5.73 Å². The van der Waals surface area contributed by atoms with E-state index in [1.165, 1.54) is 11.3 Å². The first kappa shape index (κ1) is 24.4. The van der Waals surface area contributed by atoms with Crippen LogP contribution in [-0.2, 0) is 10.2 Å². The summed E-state index contributed by atoms with van der Waals surface area (Å²) >= 11 is 0. The Hall–Kier alpha value is -1.63. The van der Waals surface area contributed by atoms with Gasteiger partial charge in [0.05, 0.1) is 12.1 Å². The number of fused-ring (bicyclic) bond motifs is 1. The van der Waals surface area contributed by atoms with Crippen LogP contribution in [0.5, 0.6) is 0 Å². The van der Waals surface area contributed by atoms with E-state index >= 15 is 0 Å². The molecule has 2 atom stereocenters. The van der Waals surface area contributed by atoms with Crippen LogP contribution in [0.15, 0.2) is 54.6 Å². The van der Waals surface area contributed by atoms with Crippen molar-refractivity contribution in [1.29, 1.82) is 0 Å². The van der Waals surface area contributed by atoms with Gasteiger partial charge in [0.1, 0.15) is 0 Å². The number of nitrogens with one attached hydrogen (secondary N) is 1. The van der Waals surface area contributed by atoms with E-state index in [1.807, 2.05) is 24.3 Å². The van der Waals surface area contributed by atoms with E-state index in [9.17, 15) is 4.79 Å². The van der Waals surface area contributed by atoms with Gasteiger partial charge >= 0.3 is 0 Å². The number of hydrogen-bond donors (Lipinski definition) is 2. The summed E-state index contributed by atoms with van der Waals surface area (Å²) in [5, 5.41) is 2.80. The highest BCUT2D eigenvalue weighted by atomic mass is 79.9. The topological polar surface area (TPSA) is 58.4 Å². The van der Waals surface area contributed by atoms with Crippen molar-refractivity contribution in [3.8, 4) is 0 Å². The number of carbonyl (C=O) groups is 1. The maximum atomic E-state index is 11.7. The molecule has 1 unspecified atom stereocenters. The van der Waals surface area contributed by atoms with Gasteiger partial charge in [-0.1, -0.05) is 56.3 Å². The third-order valence-electron chi connectivity index (χ3n) is 5.20. The standard InChI is InChI=1S/C22H27N3O.2BrH/c1-15(23)21(26)24-17-12-9-16(10-13-17)11-14-20-22(2,3)18-7-5-6-8-19(18)25(20)4;;/h5-15,20H,23H2,1-4H3,(H,24,26);2*1H/t15-,20?;;/m0../s1. The molecule has 152 valence electrons. The molecular weight excluding hydrogens is 482 g/mol. The molecule has 0 aromatic heterocycles. The largest absolute Gasteiger partial charge is 0.367 e. The number of likely N-dealkylation sites (N-methyl/N-ethyl adjacent to an activating group) is 1. The van der Waals surface area contributed by atoms with Crippen LogP contribution in [0.3, 0.4) is 0 Å². The maximum Gasteiger partial charge on any atom is 0.240 e. The van der Waals surface area contributed by atoms with Crippen LogP contribution >= 0.6 is 34.0 Å². The number of halogens is 2. The second kappa shape index (κ2) is 9.72. The van der Waals surface area contributed by atoms with Crippen LogP contribution in [0, 0.1) is 0 Å². The van der Waals surface area contributed by atoms with Crippen molar-refractivity contribution < 1.29 is 4.79 Å². The summed E-state index contributed by atoms with van der Waals surface area (Å²) < 4.78 is 0. The molecule has 6 heteroatoms. The molecule has 1 amide bonds. The summed E-state index contributed by atoms with van der Waals surface area (Å²) in [6.07, 6.45) is 4.40. The molecule has 0 fully saturated rings. The lowest BCUT2D eigenvalue weighted by molar-refractivity contribution is -0.117. The van der Waals surface area contributed by atoms with Gasteiger partial charge in [-0.2, -0.15) is 0 Å². The number of anilines is 2. The average Bonchev–Trinajstić information content (AvgIpc) is 2.81. The average molecular weight is 511 g/mol. The zero-order valence-corrected chi connectivity index (χ0v) is 20.1. The quantitative estimate of drug-likeness (QED) is 0.612. The first-order valence-electron chi connectivity index (χ1n) is 8.98. The summed E-state index contributed by atoms with van der Waals surface area (Å²) in [5.74, 6) is -0.180. The maximum absolute atomic E-state index is 11.7. The highest BCUT2D eigenvalue weighted by Gasteiger charge is 2.41. The molecule has 0 saturated carbocycles. The lowest BCUT2D eigenvalue weighted by atomic mass is 9.80. The Balaban J connectivity index is 0.00000196. The van der Waals surface area contributed by atoms with Gasteiger partial charge in [-0.3, -0.25) is 4.79 Å². The SMILES string of the molecule is Br.Br.C[C@H](N)C(=O)Nc1ccc(C=CC2N(C)c3ccccc3C2(C)C)cc1. The van der Waals surface area contributed by atoms with Gasteiger partial charge in [-0.15, -0.1) is 34.0 Å². The van der Waals surface area contributed by atoms with Crippen LogP contribution < -0.4 is 16.0 Å². The Labute approximate surface area is 188 Å². The van der Waals surface area contributed by atoms with Gasteiger partial charge in [0.2, 0.25) is 5.91 Å². The van der Waals surface area contributed by atoms with E-state index in [1.54, 1.807) is 6.92 Å². The lowest BCUT2D eigenvalue weighted by Gasteiger charge is -2.29. The molecule has 2 aromatic carbocycles. The van der Waals surface area contributed by atoms with E-state index in [0.717, 1.165) is 11.3 Å². The van der Waals surface area contributed by atoms with Crippen LogP contribution in [0.1, 0.15) is 31.9 Å². The van der Waals surface area contributed by atoms with Crippen LogP contribution in [0.25, 0.3) is 6.08 Å². The number of benzene rings is 2. The number of carbonyl (C=O) groups excluding carboxylic acids is 1. The molecule has 3 N–H and O–H groups in total. The lowest BCUT2D eigenvalue weighted by Crippen LogP contribution is -2.37. The molecule has 1 aliphatic heterocycles. The van der Waals surface area contributed by atoms with Crippen molar-refractivity contribution >= 4 is 57.3 Å². The van der Waals surface area contributed by atoms with Crippen molar-refractivity contribution in [2.24, 2.45) is 5.73 Å². The number of rotatable bonds is 4. The molecule has 0 radical (unpaired) electrons. The predicted molar refractivity (Wildman–Crippen MR) is 130 cm³/mol. The minimum Gasteiger partial charge on any atom is -0.367 e. The summed E-state index contributed by atoms with van der Waals surface area (Å²) in [7, 11) is 2.15. The van der Waals surface area contributed by atoms with Crippen molar-refractivity contribution in [2.75, 3.05) is 17.3 Å². The highest BCUT2D eigenvalue weighted by molar-refractivity contribution is 8.93. The number of nitrogens with zero attached hydrogens (tertiary/aromatic N) is 1. The van der Waals surface area contributed by atoms with Gasteiger partial charge in [0.25, 0.3) is 0 Å². The molecule has 0 saturated heterocycles. The molecule has 2 aromatic rings. The summed E-state index contributed by atoms with van der Waals surface area (Å²) in [4.78, 5) is 14.0. The van der Waals surface area contributed by atoms with E-state index in [-0.39, 0.29) is 51.3 Å². The third kappa shape index (κ3) is 4.85. The van der Waals surface area contributed by atoms with Gasteiger partial charge < -0.3 is 16.0 Å². The number of hydrogen-bond acceptors (Lipinski definition) is 3. The Bertz CT molecular complexity index is 832. The molecule has 0 aliphatic carbocycles. The van der Waals surface area contributed by atoms with Gasteiger partial charge in [-0.05, 0) is 36.2 Å². The van der Waals surface area contributed by atoms with Crippen molar-refractivity contribution in [3.63, 3.8) is 0 Å². The normalized spacial score (nSPS) is 18.0. The fourth-order valence-electron chi connectivity index (χ4n) is 3.62. The Morgan fingerprint density at radius 2 is 1.75 bits per heavy atom. The molecular formula is C22H29Br2N3O. The van der Waals surface area contributed by atoms with E-state index in [0.29, 0.717) is 0 Å². The monoisotopic (exact) mass is 509 g/mol. The Morgan fingerprint density at radius 3 is 2.32 bits per heavy atom. The van der Waals surface area contributed by atoms with Gasteiger partial charge in [-0.25, -0.2) is 0 Å². The first-order chi connectivity index (χ1) is 12.3. The molecule has 1 heterocycles. The third-order valence-corrected chi connectivity index (χ3v) is 5.20. The smallest absolute Gasteiger partial charge is 0.240 e. The summed E-state index contributed by atoms with van der Waals surface area (Å²) in [5.41, 5.74) is 10.2. The first-order valence-corrected chi connectivity index (χ1v) is 8.98. The highest BCUT2D eigenvalue weighted by Crippen LogP contribution is 2.44. The second-order valence-electron chi connectivity index (χ2n) is 7.55. The zero-order chi connectivity index (χ0) is 18.9. The number of para-hydroxylation sites is 1.